The quantitative estimate of drug-likeness (QED) is 0.847. The molecule has 116 valence electrons. The van der Waals surface area contributed by atoms with Crippen LogP contribution in [-0.2, 0) is 9.84 Å². The van der Waals surface area contributed by atoms with Gasteiger partial charge < -0.3 is 5.73 Å². The lowest BCUT2D eigenvalue weighted by Gasteiger charge is -2.13. The summed E-state index contributed by atoms with van der Waals surface area (Å²) in [6, 6.07) is 7.51. The molecule has 2 heterocycles. The zero-order valence-electron chi connectivity index (χ0n) is 11.9. The molecule has 22 heavy (non-hydrogen) atoms. The number of hydrogen-bond donors (Lipinski definition) is 1. The molecule has 8 heteroatoms. The van der Waals surface area contributed by atoms with E-state index in [-0.39, 0.29) is 22.0 Å². The van der Waals surface area contributed by atoms with Crippen molar-refractivity contribution in [3.8, 4) is 0 Å². The van der Waals surface area contributed by atoms with Crippen molar-refractivity contribution in [3.05, 3.63) is 46.2 Å². The first-order valence-corrected chi connectivity index (χ1v) is 9.32. The van der Waals surface area contributed by atoms with Crippen LogP contribution in [0.25, 0.3) is 0 Å². The number of aryl methyl sites for hydroxylation is 1. The van der Waals surface area contributed by atoms with Gasteiger partial charge in [-0.25, -0.2) is 13.4 Å². The van der Waals surface area contributed by atoms with Gasteiger partial charge in [0, 0.05) is 11.8 Å². The lowest BCUT2D eigenvalue weighted by Crippen LogP contribution is -2.29. The second kappa shape index (κ2) is 5.44. The number of sulfone groups is 1. The van der Waals surface area contributed by atoms with Gasteiger partial charge in [0.1, 0.15) is 5.82 Å². The zero-order chi connectivity index (χ0) is 15.9. The Kier molecular flexibility index (Phi) is 3.73. The normalized spacial score (nSPS) is 17.4. The second-order valence-electron chi connectivity index (χ2n) is 5.23. The number of fused-ring (bicyclic) bond motifs is 1. The van der Waals surface area contributed by atoms with Gasteiger partial charge in [0.05, 0.1) is 16.7 Å². The summed E-state index contributed by atoms with van der Waals surface area (Å²) in [5, 5.41) is 0.481. The molecular weight excluding hydrogens is 322 g/mol. The fourth-order valence-electron chi connectivity index (χ4n) is 2.39. The Morgan fingerprint density at radius 2 is 2.05 bits per heavy atom. The summed E-state index contributed by atoms with van der Waals surface area (Å²) >= 11 is 1.35. The van der Waals surface area contributed by atoms with Gasteiger partial charge in [0.25, 0.3) is 5.56 Å². The van der Waals surface area contributed by atoms with E-state index >= 15 is 0 Å². The lowest BCUT2D eigenvalue weighted by atomic mass is 10.2. The van der Waals surface area contributed by atoms with Crippen LogP contribution in [-0.4, -0.2) is 29.5 Å². The van der Waals surface area contributed by atoms with E-state index in [9.17, 15) is 13.2 Å². The number of nitrogens with two attached hydrogens (primary N) is 1. The van der Waals surface area contributed by atoms with Gasteiger partial charge in [0.2, 0.25) is 0 Å². The number of hydrogen-bond acceptors (Lipinski definition) is 6. The highest BCUT2D eigenvalue weighted by molar-refractivity contribution is 7.99. The Balaban J connectivity index is 1.93. The van der Waals surface area contributed by atoms with Gasteiger partial charge in [-0.1, -0.05) is 29.5 Å². The highest BCUT2D eigenvalue weighted by Crippen LogP contribution is 2.32. The molecule has 1 aromatic carbocycles. The van der Waals surface area contributed by atoms with Crippen LogP contribution in [0.2, 0.25) is 0 Å². The summed E-state index contributed by atoms with van der Waals surface area (Å²) in [4.78, 5) is 16.4. The molecule has 0 radical (unpaired) electrons. The van der Waals surface area contributed by atoms with Crippen LogP contribution in [0.1, 0.15) is 11.6 Å². The van der Waals surface area contributed by atoms with E-state index in [1.54, 1.807) is 24.3 Å². The van der Waals surface area contributed by atoms with Crippen LogP contribution >= 0.6 is 11.8 Å². The van der Waals surface area contributed by atoms with Gasteiger partial charge in [-0.2, -0.15) is 0 Å². The molecule has 3 rings (SSSR count). The van der Waals surface area contributed by atoms with Crippen LogP contribution in [0.3, 0.4) is 0 Å². The van der Waals surface area contributed by atoms with Crippen LogP contribution in [0.4, 0.5) is 5.82 Å². The summed E-state index contributed by atoms with van der Waals surface area (Å²) in [5.41, 5.74) is 6.24. The van der Waals surface area contributed by atoms with Gasteiger partial charge in [-0.05, 0) is 19.1 Å². The molecule has 6 nitrogen and oxygen atoms in total. The highest BCUT2D eigenvalue weighted by Gasteiger charge is 2.30. The molecule has 0 fully saturated rings. The van der Waals surface area contributed by atoms with E-state index in [2.05, 4.69) is 4.98 Å². The first kappa shape index (κ1) is 15.1. The van der Waals surface area contributed by atoms with E-state index in [4.69, 9.17) is 5.73 Å². The first-order chi connectivity index (χ1) is 10.4. The van der Waals surface area contributed by atoms with Gasteiger partial charge in [-0.3, -0.25) is 9.36 Å². The zero-order valence-corrected chi connectivity index (χ0v) is 13.5. The minimum atomic E-state index is -3.46. The maximum atomic E-state index is 12.5. The van der Waals surface area contributed by atoms with Crippen molar-refractivity contribution in [2.24, 2.45) is 0 Å². The minimum absolute atomic E-state index is 0.123. The van der Waals surface area contributed by atoms with Crippen LogP contribution in [0.15, 0.2) is 45.2 Å². The van der Waals surface area contributed by atoms with Gasteiger partial charge in [0.15, 0.2) is 15.0 Å². The van der Waals surface area contributed by atoms with Crippen molar-refractivity contribution < 1.29 is 8.42 Å². The van der Waals surface area contributed by atoms with E-state index < -0.39 is 15.9 Å². The average molecular weight is 337 g/mol. The molecule has 0 saturated carbocycles. The molecule has 1 aliphatic heterocycles. The third kappa shape index (κ3) is 2.76. The molecule has 1 aromatic heterocycles. The summed E-state index contributed by atoms with van der Waals surface area (Å²) in [6.07, 6.45) is 0. The molecule has 1 aliphatic rings. The number of rotatable bonds is 3. The Hall–Kier alpha value is -1.80. The molecule has 0 bridgehead atoms. The number of benzene rings is 1. The van der Waals surface area contributed by atoms with Crippen LogP contribution in [0.5, 0.6) is 0 Å². The number of aromatic nitrogens is 2. The Labute approximate surface area is 132 Å². The summed E-state index contributed by atoms with van der Waals surface area (Å²) in [6.45, 7) is 1.90. The van der Waals surface area contributed by atoms with Crippen LogP contribution in [0, 0.1) is 6.92 Å². The fraction of sp³-hybridized carbons (Fsp3) is 0.286. The van der Waals surface area contributed by atoms with Gasteiger partial charge in [-0.15, -0.1) is 0 Å². The molecule has 0 unspecified atom stereocenters. The van der Waals surface area contributed by atoms with Crippen molar-refractivity contribution in [2.75, 3.05) is 17.2 Å². The van der Waals surface area contributed by atoms with Gasteiger partial charge >= 0.3 is 0 Å². The van der Waals surface area contributed by atoms with E-state index in [0.717, 1.165) is 5.56 Å². The second-order valence-corrected chi connectivity index (χ2v) is 8.25. The van der Waals surface area contributed by atoms with E-state index in [0.29, 0.717) is 10.9 Å². The maximum absolute atomic E-state index is 12.5. The molecule has 0 spiro atoms. The number of nitrogens with zero attached hydrogens (tertiary/aromatic N) is 2. The molecule has 0 saturated heterocycles. The number of nitrogen functional groups attached to an aromatic ring is 1. The Bertz CT molecular complexity index is 873. The molecule has 0 aliphatic carbocycles. The van der Waals surface area contributed by atoms with Crippen molar-refractivity contribution in [1.29, 1.82) is 0 Å². The summed E-state index contributed by atoms with van der Waals surface area (Å²) < 4.78 is 26.5. The molecule has 1 atom stereocenters. The number of thioether (sulfide) groups is 1. The smallest absolute Gasteiger partial charge is 0.256 e. The maximum Gasteiger partial charge on any atom is 0.256 e. The molecule has 2 N–H and O–H groups in total. The van der Waals surface area contributed by atoms with Crippen molar-refractivity contribution in [3.63, 3.8) is 0 Å². The Morgan fingerprint density at radius 1 is 1.36 bits per heavy atom. The third-order valence-electron chi connectivity index (χ3n) is 3.50. The predicted octanol–water partition coefficient (Wildman–Crippen LogP) is 1.25. The van der Waals surface area contributed by atoms with Crippen molar-refractivity contribution in [2.45, 2.75) is 23.0 Å². The van der Waals surface area contributed by atoms with E-state index in [1.165, 1.54) is 22.4 Å². The number of anilines is 1. The van der Waals surface area contributed by atoms with E-state index in [1.807, 2.05) is 6.92 Å². The predicted molar refractivity (Wildman–Crippen MR) is 85.9 cm³/mol. The first-order valence-electron chi connectivity index (χ1n) is 6.68. The summed E-state index contributed by atoms with van der Waals surface area (Å²) in [5.74, 6) is 0.532. The van der Waals surface area contributed by atoms with Crippen molar-refractivity contribution >= 4 is 27.4 Å². The average Bonchev–Trinajstić information content (AvgIpc) is 2.81. The van der Waals surface area contributed by atoms with Crippen LogP contribution < -0.4 is 11.3 Å². The molecule has 2 aromatic rings. The van der Waals surface area contributed by atoms with Crippen molar-refractivity contribution in [1.82, 2.24) is 9.55 Å². The topological polar surface area (TPSA) is 95.1 Å². The summed E-state index contributed by atoms with van der Waals surface area (Å²) in [7, 11) is -3.46. The largest absolute Gasteiger partial charge is 0.383 e. The fourth-order valence-corrected chi connectivity index (χ4v) is 5.21. The monoisotopic (exact) mass is 337 g/mol. The lowest BCUT2D eigenvalue weighted by molar-refractivity contribution is 0.528. The third-order valence-corrected chi connectivity index (χ3v) is 6.41. The minimum Gasteiger partial charge on any atom is -0.383 e. The molecule has 0 amide bonds. The molecular formula is C14H15N3O3S2. The standard InChI is InChI=1S/C14H15N3O3S2/c1-9-2-4-11(5-3-9)22(19,20)8-10-7-21-14-16-12(15)6-13(18)17(10)14/h2-6,10H,7-8,15H2,1H3/t10-/m0/s1. The SMILES string of the molecule is Cc1ccc(S(=O)(=O)C[C@@H]2CSc3nc(N)cc(=O)n32)cc1. The highest BCUT2D eigenvalue weighted by atomic mass is 32.2. The Morgan fingerprint density at radius 3 is 2.73 bits per heavy atom.